The highest BCUT2D eigenvalue weighted by atomic mass is 16.5. The summed E-state index contributed by atoms with van der Waals surface area (Å²) in [6, 6.07) is 8.52. The number of rotatable bonds is 3. The molecule has 0 saturated carbocycles. The van der Waals surface area contributed by atoms with E-state index in [2.05, 4.69) is 12.2 Å². The van der Waals surface area contributed by atoms with Crippen LogP contribution in [0.3, 0.4) is 0 Å². The highest BCUT2D eigenvalue weighted by Gasteiger charge is 2.24. The molecule has 2 aromatic rings. The maximum Gasteiger partial charge on any atom is 0.256 e. The highest BCUT2D eigenvalue weighted by Crippen LogP contribution is 2.22. The first-order valence-corrected chi connectivity index (χ1v) is 8.87. The SMILES string of the molecule is Cc1cc(C(=O)N2CCCCC2C)ccc1NC(=O)c1cc[n+]([O-])cc1. The molecular formula is C20H23N3O3. The number of carbonyl (C=O) groups is 2. The number of carbonyl (C=O) groups excluding carboxylic acids is 2. The summed E-state index contributed by atoms with van der Waals surface area (Å²) < 4.78 is 0.629. The van der Waals surface area contributed by atoms with Crippen LogP contribution in [0.25, 0.3) is 0 Å². The van der Waals surface area contributed by atoms with Crippen molar-refractivity contribution in [3.8, 4) is 0 Å². The van der Waals surface area contributed by atoms with Crippen molar-refractivity contribution in [3.05, 3.63) is 64.6 Å². The molecule has 0 radical (unpaired) electrons. The van der Waals surface area contributed by atoms with Gasteiger partial charge in [0, 0.05) is 36.0 Å². The normalized spacial score (nSPS) is 17.0. The van der Waals surface area contributed by atoms with Crippen molar-refractivity contribution in [1.82, 2.24) is 4.90 Å². The van der Waals surface area contributed by atoms with Crippen LogP contribution in [0.15, 0.2) is 42.7 Å². The third-order valence-corrected chi connectivity index (χ3v) is 4.85. The van der Waals surface area contributed by atoms with Gasteiger partial charge >= 0.3 is 0 Å². The Morgan fingerprint density at radius 2 is 1.88 bits per heavy atom. The fourth-order valence-electron chi connectivity index (χ4n) is 3.26. The first kappa shape index (κ1) is 17.9. The Labute approximate surface area is 153 Å². The number of piperidine rings is 1. The maximum atomic E-state index is 12.8. The van der Waals surface area contributed by atoms with Crippen LogP contribution in [-0.2, 0) is 0 Å². The second kappa shape index (κ2) is 7.56. The van der Waals surface area contributed by atoms with Crippen LogP contribution in [0.4, 0.5) is 5.69 Å². The average molecular weight is 353 g/mol. The van der Waals surface area contributed by atoms with E-state index in [0.29, 0.717) is 21.5 Å². The number of anilines is 1. The number of nitrogens with zero attached hydrogens (tertiary/aromatic N) is 2. The summed E-state index contributed by atoms with van der Waals surface area (Å²) in [6.45, 7) is 4.75. The molecule has 1 aromatic heterocycles. The number of amides is 2. The monoisotopic (exact) mass is 353 g/mol. The van der Waals surface area contributed by atoms with Crippen molar-refractivity contribution in [3.63, 3.8) is 0 Å². The van der Waals surface area contributed by atoms with Gasteiger partial charge in [-0.05, 0) is 56.9 Å². The van der Waals surface area contributed by atoms with Gasteiger partial charge in [0.1, 0.15) is 0 Å². The number of nitrogens with one attached hydrogen (secondary N) is 1. The molecule has 0 bridgehead atoms. The molecule has 26 heavy (non-hydrogen) atoms. The first-order valence-electron chi connectivity index (χ1n) is 8.87. The molecule has 6 nitrogen and oxygen atoms in total. The molecule has 1 saturated heterocycles. The van der Waals surface area contributed by atoms with E-state index >= 15 is 0 Å². The molecule has 0 spiro atoms. The third-order valence-electron chi connectivity index (χ3n) is 4.85. The number of aryl methyl sites for hydroxylation is 1. The van der Waals surface area contributed by atoms with Gasteiger partial charge in [-0.15, -0.1) is 0 Å². The molecule has 1 aliphatic heterocycles. The zero-order valence-electron chi connectivity index (χ0n) is 15.1. The van der Waals surface area contributed by atoms with Gasteiger partial charge in [-0.3, -0.25) is 9.59 Å². The lowest BCUT2D eigenvalue weighted by Crippen LogP contribution is -2.42. The van der Waals surface area contributed by atoms with Crippen molar-refractivity contribution in [2.24, 2.45) is 0 Å². The second-order valence-electron chi connectivity index (χ2n) is 6.77. The molecule has 1 unspecified atom stereocenters. The molecule has 2 heterocycles. The minimum atomic E-state index is -0.294. The summed E-state index contributed by atoms with van der Waals surface area (Å²) in [7, 11) is 0. The Balaban J connectivity index is 1.74. The summed E-state index contributed by atoms with van der Waals surface area (Å²) in [4.78, 5) is 27.0. The van der Waals surface area contributed by atoms with Crippen LogP contribution in [0.5, 0.6) is 0 Å². The van der Waals surface area contributed by atoms with E-state index in [1.165, 1.54) is 30.9 Å². The van der Waals surface area contributed by atoms with Crippen LogP contribution < -0.4 is 10.0 Å². The molecule has 6 heteroatoms. The molecule has 136 valence electrons. The number of likely N-dealkylation sites (tertiary alicyclic amines) is 1. The molecule has 3 rings (SSSR count). The number of pyridine rings is 1. The van der Waals surface area contributed by atoms with E-state index in [4.69, 9.17) is 0 Å². The topological polar surface area (TPSA) is 76.4 Å². The van der Waals surface area contributed by atoms with Gasteiger partial charge in [-0.2, -0.15) is 4.73 Å². The summed E-state index contributed by atoms with van der Waals surface area (Å²) in [5.41, 5.74) is 2.51. The molecule has 1 fully saturated rings. The lowest BCUT2D eigenvalue weighted by atomic mass is 10.0. The van der Waals surface area contributed by atoms with Crippen LogP contribution in [-0.4, -0.2) is 29.3 Å². The summed E-state index contributed by atoms with van der Waals surface area (Å²) in [5, 5.41) is 13.9. The molecule has 2 amide bonds. The first-order chi connectivity index (χ1) is 12.5. The number of hydrogen-bond donors (Lipinski definition) is 1. The maximum absolute atomic E-state index is 12.8. The fourth-order valence-corrected chi connectivity index (χ4v) is 3.26. The van der Waals surface area contributed by atoms with Crippen LogP contribution in [0, 0.1) is 12.1 Å². The zero-order chi connectivity index (χ0) is 18.7. The smallest absolute Gasteiger partial charge is 0.256 e. The Bertz CT molecular complexity index is 818. The fraction of sp³-hybridized carbons (Fsp3) is 0.350. The van der Waals surface area contributed by atoms with Gasteiger partial charge < -0.3 is 15.4 Å². The van der Waals surface area contributed by atoms with Gasteiger partial charge in [0.05, 0.1) is 5.56 Å². The molecule has 1 aliphatic rings. The van der Waals surface area contributed by atoms with E-state index in [0.717, 1.165) is 24.9 Å². The van der Waals surface area contributed by atoms with Crippen molar-refractivity contribution >= 4 is 17.5 Å². The zero-order valence-corrected chi connectivity index (χ0v) is 15.1. The lowest BCUT2D eigenvalue weighted by molar-refractivity contribution is -0.605. The van der Waals surface area contributed by atoms with Crippen LogP contribution >= 0.6 is 0 Å². The average Bonchev–Trinajstić information content (AvgIpc) is 2.63. The molecule has 1 atom stereocenters. The Hall–Kier alpha value is -2.89. The predicted molar refractivity (Wildman–Crippen MR) is 98.9 cm³/mol. The van der Waals surface area contributed by atoms with Crippen molar-refractivity contribution < 1.29 is 14.3 Å². The minimum Gasteiger partial charge on any atom is -0.619 e. The second-order valence-corrected chi connectivity index (χ2v) is 6.77. The van der Waals surface area contributed by atoms with Gasteiger partial charge in [-0.25, -0.2) is 0 Å². The predicted octanol–water partition coefficient (Wildman–Crippen LogP) is 2.90. The summed E-state index contributed by atoms with van der Waals surface area (Å²) >= 11 is 0. The van der Waals surface area contributed by atoms with E-state index < -0.39 is 0 Å². The third kappa shape index (κ3) is 3.85. The van der Waals surface area contributed by atoms with Crippen LogP contribution in [0.1, 0.15) is 52.5 Å². The van der Waals surface area contributed by atoms with Gasteiger partial charge in [0.15, 0.2) is 12.4 Å². The number of aromatic nitrogens is 1. The Morgan fingerprint density at radius 1 is 1.15 bits per heavy atom. The molecular weight excluding hydrogens is 330 g/mol. The van der Waals surface area contributed by atoms with Gasteiger partial charge in [0.2, 0.25) is 0 Å². The Morgan fingerprint density at radius 3 is 2.54 bits per heavy atom. The van der Waals surface area contributed by atoms with Crippen molar-refractivity contribution in [1.29, 1.82) is 0 Å². The largest absolute Gasteiger partial charge is 0.619 e. The van der Waals surface area contributed by atoms with Gasteiger partial charge in [-0.1, -0.05) is 0 Å². The highest BCUT2D eigenvalue weighted by molar-refractivity contribution is 6.05. The minimum absolute atomic E-state index is 0.0428. The molecule has 1 N–H and O–H groups in total. The summed E-state index contributed by atoms with van der Waals surface area (Å²) in [5.74, 6) is -0.251. The molecule has 0 aliphatic carbocycles. The van der Waals surface area contributed by atoms with Crippen LogP contribution in [0.2, 0.25) is 0 Å². The van der Waals surface area contributed by atoms with E-state index in [1.807, 2.05) is 17.9 Å². The van der Waals surface area contributed by atoms with Crippen molar-refractivity contribution in [2.75, 3.05) is 11.9 Å². The summed E-state index contributed by atoms with van der Waals surface area (Å²) in [6.07, 6.45) is 5.82. The van der Waals surface area contributed by atoms with E-state index in [9.17, 15) is 14.8 Å². The molecule has 1 aromatic carbocycles. The van der Waals surface area contributed by atoms with Crippen molar-refractivity contribution in [2.45, 2.75) is 39.2 Å². The quantitative estimate of drug-likeness (QED) is 0.681. The van der Waals surface area contributed by atoms with Gasteiger partial charge in [0.25, 0.3) is 11.8 Å². The van der Waals surface area contributed by atoms with E-state index in [1.54, 1.807) is 12.1 Å². The lowest BCUT2D eigenvalue weighted by Gasteiger charge is -2.33. The standard InChI is InChI=1S/C20H23N3O3/c1-14-13-17(20(25)23-10-4-3-5-15(23)2)6-7-18(14)21-19(24)16-8-11-22(26)12-9-16/h6-9,11-13,15H,3-5,10H2,1-2H3,(H,21,24). The number of hydrogen-bond acceptors (Lipinski definition) is 3. The van der Waals surface area contributed by atoms with E-state index in [-0.39, 0.29) is 17.9 Å². The number of benzene rings is 1. The Kier molecular flexibility index (Phi) is 5.21.